The van der Waals surface area contributed by atoms with Crippen molar-refractivity contribution in [2.24, 2.45) is 0 Å². The van der Waals surface area contributed by atoms with Gasteiger partial charge in [-0.15, -0.1) is 0 Å². The molecule has 0 aromatic heterocycles. The highest BCUT2D eigenvalue weighted by Gasteiger charge is 2.18. The van der Waals surface area contributed by atoms with Gasteiger partial charge in [-0.05, 0) is 37.5 Å². The van der Waals surface area contributed by atoms with Crippen LogP contribution < -0.4 is 11.1 Å². The summed E-state index contributed by atoms with van der Waals surface area (Å²) < 4.78 is 0. The van der Waals surface area contributed by atoms with Gasteiger partial charge in [0.25, 0.3) is 0 Å². The average molecular weight is 285 g/mol. The van der Waals surface area contributed by atoms with Crippen LogP contribution in [0, 0.1) is 10.1 Å². The summed E-state index contributed by atoms with van der Waals surface area (Å²) in [6.45, 7) is 2.01. The van der Waals surface area contributed by atoms with Crippen LogP contribution in [0.1, 0.15) is 18.9 Å². The van der Waals surface area contributed by atoms with E-state index in [0.717, 1.165) is 12.8 Å². The van der Waals surface area contributed by atoms with Gasteiger partial charge < -0.3 is 11.1 Å². The number of nitrogens with one attached hydrogen (secondary N) is 1. The molecular weight excluding hydrogens is 266 g/mol. The third kappa shape index (κ3) is 3.95. The van der Waals surface area contributed by atoms with Crippen molar-refractivity contribution >= 4 is 17.1 Å². The number of nitro benzene ring substituents is 1. The largest absolute Gasteiger partial charge is 0.393 e. The summed E-state index contributed by atoms with van der Waals surface area (Å²) >= 11 is 0. The molecule has 21 heavy (non-hydrogen) atoms. The molecule has 0 bridgehead atoms. The van der Waals surface area contributed by atoms with Crippen molar-refractivity contribution in [3.63, 3.8) is 0 Å². The van der Waals surface area contributed by atoms with E-state index in [1.54, 1.807) is 12.1 Å². The van der Waals surface area contributed by atoms with Crippen LogP contribution in [0.5, 0.6) is 0 Å². The van der Waals surface area contributed by atoms with Crippen LogP contribution in [0.25, 0.3) is 0 Å². The normalized spacial score (nSPS) is 11.9. The molecule has 0 radical (unpaired) electrons. The molecule has 0 saturated heterocycles. The van der Waals surface area contributed by atoms with Crippen molar-refractivity contribution in [2.75, 3.05) is 11.1 Å². The fourth-order valence-corrected chi connectivity index (χ4v) is 2.25. The summed E-state index contributed by atoms with van der Waals surface area (Å²) in [5, 5.41) is 14.3. The summed E-state index contributed by atoms with van der Waals surface area (Å²) in [7, 11) is 0. The van der Waals surface area contributed by atoms with Gasteiger partial charge in [0.1, 0.15) is 11.4 Å². The van der Waals surface area contributed by atoms with Crippen molar-refractivity contribution in [1.82, 2.24) is 0 Å². The molecular formula is C16H19N3O2. The number of aryl methyl sites for hydroxylation is 1. The Balaban J connectivity index is 2.01. The molecule has 3 N–H and O–H groups in total. The predicted molar refractivity (Wildman–Crippen MR) is 85.4 cm³/mol. The van der Waals surface area contributed by atoms with Crippen molar-refractivity contribution < 1.29 is 4.92 Å². The minimum atomic E-state index is -0.443. The van der Waals surface area contributed by atoms with E-state index >= 15 is 0 Å². The number of para-hydroxylation sites is 1. The lowest BCUT2D eigenvalue weighted by Crippen LogP contribution is -2.17. The fourth-order valence-electron chi connectivity index (χ4n) is 2.25. The molecule has 2 rings (SSSR count). The summed E-state index contributed by atoms with van der Waals surface area (Å²) in [5.41, 5.74) is 7.54. The predicted octanol–water partition coefficient (Wildman–Crippen LogP) is 3.61. The molecule has 0 spiro atoms. The molecule has 5 heteroatoms. The van der Waals surface area contributed by atoms with E-state index in [9.17, 15) is 10.1 Å². The van der Waals surface area contributed by atoms with Crippen LogP contribution in [-0.4, -0.2) is 11.0 Å². The zero-order chi connectivity index (χ0) is 15.2. The molecule has 2 aromatic rings. The molecule has 1 atom stereocenters. The van der Waals surface area contributed by atoms with E-state index in [-0.39, 0.29) is 17.4 Å². The molecule has 110 valence electrons. The third-order valence-electron chi connectivity index (χ3n) is 3.36. The maximum Gasteiger partial charge on any atom is 0.314 e. The Hall–Kier alpha value is -2.56. The summed E-state index contributed by atoms with van der Waals surface area (Å²) in [5.74, 6) is 0. The number of hydrogen-bond acceptors (Lipinski definition) is 4. The SMILES string of the molecule is CC(CCc1ccccc1)Nc1cccc(N)c1[N+](=O)[O-]. The van der Waals surface area contributed by atoms with E-state index in [4.69, 9.17) is 5.73 Å². The zero-order valence-electron chi connectivity index (χ0n) is 12.0. The molecule has 0 amide bonds. The molecule has 0 heterocycles. The van der Waals surface area contributed by atoms with Crippen molar-refractivity contribution in [3.05, 3.63) is 64.2 Å². The van der Waals surface area contributed by atoms with Gasteiger partial charge >= 0.3 is 5.69 Å². The van der Waals surface area contributed by atoms with Crippen LogP contribution in [0.2, 0.25) is 0 Å². The summed E-state index contributed by atoms with van der Waals surface area (Å²) in [6, 6.07) is 15.2. The monoisotopic (exact) mass is 285 g/mol. The fraction of sp³-hybridized carbons (Fsp3) is 0.250. The van der Waals surface area contributed by atoms with E-state index < -0.39 is 4.92 Å². The van der Waals surface area contributed by atoms with Crippen molar-refractivity contribution in [1.29, 1.82) is 0 Å². The first-order chi connectivity index (χ1) is 10.1. The number of benzene rings is 2. The molecule has 0 fully saturated rings. The van der Waals surface area contributed by atoms with Gasteiger partial charge in [0, 0.05) is 6.04 Å². The topological polar surface area (TPSA) is 81.2 Å². The third-order valence-corrected chi connectivity index (χ3v) is 3.36. The molecule has 1 unspecified atom stereocenters. The first kappa shape index (κ1) is 14.8. The van der Waals surface area contributed by atoms with Gasteiger partial charge in [0.15, 0.2) is 0 Å². The van der Waals surface area contributed by atoms with Gasteiger partial charge in [0.2, 0.25) is 0 Å². The van der Waals surface area contributed by atoms with Gasteiger partial charge in [0.05, 0.1) is 4.92 Å². The highest BCUT2D eigenvalue weighted by Crippen LogP contribution is 2.31. The van der Waals surface area contributed by atoms with E-state index in [2.05, 4.69) is 17.4 Å². The molecule has 0 aliphatic rings. The Kier molecular flexibility index (Phi) is 4.77. The smallest absolute Gasteiger partial charge is 0.314 e. The Morgan fingerprint density at radius 2 is 1.90 bits per heavy atom. The Morgan fingerprint density at radius 1 is 1.19 bits per heavy atom. The lowest BCUT2D eigenvalue weighted by atomic mass is 10.1. The lowest BCUT2D eigenvalue weighted by Gasteiger charge is -2.15. The van der Waals surface area contributed by atoms with Crippen LogP contribution in [-0.2, 0) is 6.42 Å². The lowest BCUT2D eigenvalue weighted by molar-refractivity contribution is -0.383. The Morgan fingerprint density at radius 3 is 2.57 bits per heavy atom. The summed E-state index contributed by atoms with van der Waals surface area (Å²) in [6.07, 6.45) is 1.81. The number of hydrogen-bond donors (Lipinski definition) is 2. The molecule has 5 nitrogen and oxygen atoms in total. The number of rotatable bonds is 6. The summed E-state index contributed by atoms with van der Waals surface area (Å²) in [4.78, 5) is 10.6. The molecule has 2 aromatic carbocycles. The maximum absolute atomic E-state index is 11.1. The van der Waals surface area contributed by atoms with Crippen LogP contribution in [0.3, 0.4) is 0 Å². The standard InChI is InChI=1S/C16H19N3O2/c1-12(10-11-13-6-3-2-4-7-13)18-15-9-5-8-14(17)16(15)19(20)21/h2-9,12,18H,10-11,17H2,1H3. The van der Waals surface area contributed by atoms with Crippen molar-refractivity contribution in [2.45, 2.75) is 25.8 Å². The van der Waals surface area contributed by atoms with Crippen molar-refractivity contribution in [3.8, 4) is 0 Å². The Labute approximate surface area is 123 Å². The van der Waals surface area contributed by atoms with Crippen LogP contribution >= 0.6 is 0 Å². The molecule has 0 saturated carbocycles. The van der Waals surface area contributed by atoms with E-state index in [0.29, 0.717) is 5.69 Å². The number of nitro groups is 1. The second-order valence-electron chi connectivity index (χ2n) is 5.07. The quantitative estimate of drug-likeness (QED) is 0.482. The number of nitrogens with zero attached hydrogens (tertiary/aromatic N) is 1. The maximum atomic E-state index is 11.1. The first-order valence-electron chi connectivity index (χ1n) is 6.91. The second kappa shape index (κ2) is 6.74. The highest BCUT2D eigenvalue weighted by atomic mass is 16.6. The van der Waals surface area contributed by atoms with Gasteiger partial charge in [-0.1, -0.05) is 36.4 Å². The van der Waals surface area contributed by atoms with E-state index in [1.807, 2.05) is 25.1 Å². The zero-order valence-corrected chi connectivity index (χ0v) is 12.0. The van der Waals surface area contributed by atoms with Crippen LogP contribution in [0.4, 0.5) is 17.1 Å². The number of anilines is 2. The van der Waals surface area contributed by atoms with Gasteiger partial charge in [-0.25, -0.2) is 0 Å². The number of nitrogen functional groups attached to an aromatic ring is 1. The first-order valence-corrected chi connectivity index (χ1v) is 6.91. The highest BCUT2D eigenvalue weighted by molar-refractivity contribution is 5.74. The minimum absolute atomic E-state index is 0.0518. The minimum Gasteiger partial charge on any atom is -0.393 e. The van der Waals surface area contributed by atoms with Gasteiger partial charge in [-0.2, -0.15) is 0 Å². The van der Waals surface area contributed by atoms with Gasteiger partial charge in [-0.3, -0.25) is 10.1 Å². The number of nitrogens with two attached hydrogens (primary N) is 1. The second-order valence-corrected chi connectivity index (χ2v) is 5.07. The van der Waals surface area contributed by atoms with E-state index in [1.165, 1.54) is 11.6 Å². The molecule has 0 aliphatic heterocycles. The Bertz CT molecular complexity index is 614. The van der Waals surface area contributed by atoms with Crippen LogP contribution in [0.15, 0.2) is 48.5 Å². The molecule has 0 aliphatic carbocycles. The average Bonchev–Trinajstić information content (AvgIpc) is 2.46.